The van der Waals surface area contributed by atoms with Crippen molar-refractivity contribution in [3.05, 3.63) is 29.6 Å². The van der Waals surface area contributed by atoms with Gasteiger partial charge in [0.15, 0.2) is 0 Å². The summed E-state index contributed by atoms with van der Waals surface area (Å²) in [6.45, 7) is 7.45. The van der Waals surface area contributed by atoms with Crippen molar-refractivity contribution < 1.29 is 9.13 Å². The minimum atomic E-state index is -0.132. The fourth-order valence-electron chi connectivity index (χ4n) is 2.85. The summed E-state index contributed by atoms with van der Waals surface area (Å²) >= 11 is 0. The van der Waals surface area contributed by atoms with Gasteiger partial charge in [0.2, 0.25) is 0 Å². The van der Waals surface area contributed by atoms with Crippen molar-refractivity contribution in [1.82, 2.24) is 5.32 Å². The highest BCUT2D eigenvalue weighted by Gasteiger charge is 2.19. The number of hydrogen-bond acceptors (Lipinski definition) is 3. The first kappa shape index (κ1) is 16.2. The van der Waals surface area contributed by atoms with E-state index in [1.54, 1.807) is 12.1 Å². The van der Waals surface area contributed by atoms with E-state index in [9.17, 15) is 4.39 Å². The molecule has 0 bridgehead atoms. The molecule has 0 unspecified atom stereocenters. The molecule has 0 saturated carbocycles. The molecule has 1 N–H and O–H groups in total. The summed E-state index contributed by atoms with van der Waals surface area (Å²) in [5, 5.41) is 3.37. The van der Waals surface area contributed by atoms with E-state index in [-0.39, 0.29) is 5.82 Å². The van der Waals surface area contributed by atoms with Crippen LogP contribution in [0.15, 0.2) is 18.2 Å². The van der Waals surface area contributed by atoms with E-state index in [4.69, 9.17) is 4.74 Å². The third kappa shape index (κ3) is 4.68. The second-order valence-corrected chi connectivity index (χ2v) is 6.22. The van der Waals surface area contributed by atoms with Crippen LogP contribution in [0.25, 0.3) is 0 Å². The summed E-state index contributed by atoms with van der Waals surface area (Å²) in [4.78, 5) is 2.07. The number of benzene rings is 1. The lowest BCUT2D eigenvalue weighted by Crippen LogP contribution is -2.31. The Morgan fingerprint density at radius 2 is 2.05 bits per heavy atom. The molecule has 1 fully saturated rings. The SMILES string of the molecule is CC(C)NCc1cccc(F)c1N(C)CC1CCOCC1. The Balaban J connectivity index is 2.08. The molecule has 0 amide bonds. The first-order chi connectivity index (χ1) is 10.1. The number of nitrogens with one attached hydrogen (secondary N) is 1. The maximum absolute atomic E-state index is 14.3. The van der Waals surface area contributed by atoms with E-state index in [1.165, 1.54) is 0 Å². The summed E-state index contributed by atoms with van der Waals surface area (Å²) < 4.78 is 19.7. The van der Waals surface area contributed by atoms with Crippen LogP contribution in [0.2, 0.25) is 0 Å². The molecule has 1 aromatic carbocycles. The van der Waals surface area contributed by atoms with Crippen LogP contribution in [0, 0.1) is 11.7 Å². The Morgan fingerprint density at radius 1 is 1.33 bits per heavy atom. The molecule has 1 aromatic rings. The van der Waals surface area contributed by atoms with Crippen LogP contribution in [0.1, 0.15) is 32.3 Å². The van der Waals surface area contributed by atoms with Crippen molar-refractivity contribution in [2.24, 2.45) is 5.92 Å². The molecule has 118 valence electrons. The van der Waals surface area contributed by atoms with Crippen molar-refractivity contribution in [1.29, 1.82) is 0 Å². The first-order valence-electron chi connectivity index (χ1n) is 7.87. The average molecular weight is 294 g/mol. The molecule has 2 rings (SSSR count). The highest BCUT2D eigenvalue weighted by atomic mass is 19.1. The van der Waals surface area contributed by atoms with E-state index in [0.29, 0.717) is 18.5 Å². The number of rotatable bonds is 6. The lowest BCUT2D eigenvalue weighted by molar-refractivity contribution is 0.0685. The predicted molar refractivity (Wildman–Crippen MR) is 85.2 cm³/mol. The average Bonchev–Trinajstić information content (AvgIpc) is 2.46. The zero-order valence-electron chi connectivity index (χ0n) is 13.4. The third-order valence-corrected chi connectivity index (χ3v) is 4.03. The van der Waals surface area contributed by atoms with Crippen LogP contribution in [0.3, 0.4) is 0 Å². The fraction of sp³-hybridized carbons (Fsp3) is 0.647. The quantitative estimate of drug-likeness (QED) is 0.872. The zero-order chi connectivity index (χ0) is 15.2. The highest BCUT2D eigenvalue weighted by Crippen LogP contribution is 2.26. The molecule has 1 saturated heterocycles. The van der Waals surface area contributed by atoms with Gasteiger partial charge in [0, 0.05) is 39.4 Å². The number of nitrogens with zero attached hydrogens (tertiary/aromatic N) is 1. The Morgan fingerprint density at radius 3 is 2.71 bits per heavy atom. The van der Waals surface area contributed by atoms with Crippen molar-refractivity contribution in [3.8, 4) is 0 Å². The second kappa shape index (κ2) is 7.76. The molecule has 1 aliphatic heterocycles. The minimum absolute atomic E-state index is 0.132. The van der Waals surface area contributed by atoms with Crippen molar-refractivity contribution >= 4 is 5.69 Å². The molecular formula is C17H27FN2O. The summed E-state index contributed by atoms with van der Waals surface area (Å²) in [7, 11) is 1.99. The number of halogens is 1. The normalized spacial score (nSPS) is 16.4. The lowest BCUT2D eigenvalue weighted by Gasteiger charge is -2.30. The van der Waals surface area contributed by atoms with Gasteiger partial charge in [-0.05, 0) is 30.4 Å². The molecule has 3 nitrogen and oxygen atoms in total. The summed E-state index contributed by atoms with van der Waals surface area (Å²) in [5.41, 5.74) is 1.76. The van der Waals surface area contributed by atoms with Crippen molar-refractivity contribution in [2.75, 3.05) is 31.7 Å². The number of anilines is 1. The highest BCUT2D eigenvalue weighted by molar-refractivity contribution is 5.54. The zero-order valence-corrected chi connectivity index (χ0v) is 13.4. The standard InChI is InChI=1S/C17H27FN2O/c1-13(2)19-11-15-5-4-6-16(18)17(15)20(3)12-14-7-9-21-10-8-14/h4-6,13-14,19H,7-12H2,1-3H3. The third-order valence-electron chi connectivity index (χ3n) is 4.03. The van der Waals surface area contributed by atoms with Gasteiger partial charge in [-0.25, -0.2) is 4.39 Å². The van der Waals surface area contributed by atoms with E-state index in [1.807, 2.05) is 13.1 Å². The maximum Gasteiger partial charge on any atom is 0.146 e. The predicted octanol–water partition coefficient (Wildman–Crippen LogP) is 3.19. The molecule has 4 heteroatoms. The second-order valence-electron chi connectivity index (χ2n) is 6.22. The minimum Gasteiger partial charge on any atom is -0.381 e. The molecule has 0 spiro atoms. The fourth-order valence-corrected chi connectivity index (χ4v) is 2.85. The van der Waals surface area contributed by atoms with E-state index >= 15 is 0 Å². The van der Waals surface area contributed by atoms with Crippen molar-refractivity contribution in [2.45, 2.75) is 39.3 Å². The summed E-state index contributed by atoms with van der Waals surface area (Å²) in [6, 6.07) is 5.74. The molecule has 0 aliphatic carbocycles. The molecule has 0 atom stereocenters. The van der Waals surface area contributed by atoms with Crippen LogP contribution < -0.4 is 10.2 Å². The Hall–Kier alpha value is -1.13. The molecule has 1 aliphatic rings. The molecule has 0 aromatic heterocycles. The molecule has 21 heavy (non-hydrogen) atoms. The first-order valence-corrected chi connectivity index (χ1v) is 7.87. The van der Waals surface area contributed by atoms with Gasteiger partial charge in [-0.3, -0.25) is 0 Å². The van der Waals surface area contributed by atoms with Crippen LogP contribution in [0.5, 0.6) is 0 Å². The molecule has 0 radical (unpaired) electrons. The molecule has 1 heterocycles. The topological polar surface area (TPSA) is 24.5 Å². The van der Waals surface area contributed by atoms with Crippen LogP contribution in [0.4, 0.5) is 10.1 Å². The van der Waals surface area contributed by atoms with Crippen molar-refractivity contribution in [3.63, 3.8) is 0 Å². The van der Waals surface area contributed by atoms with E-state index in [2.05, 4.69) is 24.1 Å². The largest absolute Gasteiger partial charge is 0.381 e. The van der Waals surface area contributed by atoms with Gasteiger partial charge in [-0.15, -0.1) is 0 Å². The van der Waals surface area contributed by atoms with E-state index in [0.717, 1.165) is 43.9 Å². The van der Waals surface area contributed by atoms with Gasteiger partial charge >= 0.3 is 0 Å². The Kier molecular flexibility index (Phi) is 6.00. The van der Waals surface area contributed by atoms with E-state index < -0.39 is 0 Å². The van der Waals surface area contributed by atoms with Gasteiger partial charge < -0.3 is 15.0 Å². The summed E-state index contributed by atoms with van der Waals surface area (Å²) in [6.07, 6.45) is 2.14. The van der Waals surface area contributed by atoms with Crippen LogP contribution >= 0.6 is 0 Å². The van der Waals surface area contributed by atoms with Gasteiger partial charge in [-0.2, -0.15) is 0 Å². The van der Waals surface area contributed by atoms with Gasteiger partial charge in [0.25, 0.3) is 0 Å². The van der Waals surface area contributed by atoms with Gasteiger partial charge in [0.1, 0.15) is 5.82 Å². The Bertz CT molecular complexity index is 444. The van der Waals surface area contributed by atoms with Crippen LogP contribution in [-0.2, 0) is 11.3 Å². The Labute approximate surface area is 127 Å². The summed E-state index contributed by atoms with van der Waals surface area (Å²) in [5.74, 6) is 0.460. The monoisotopic (exact) mass is 294 g/mol. The van der Waals surface area contributed by atoms with Crippen LogP contribution in [-0.4, -0.2) is 32.8 Å². The van der Waals surface area contributed by atoms with Gasteiger partial charge in [-0.1, -0.05) is 26.0 Å². The number of ether oxygens (including phenoxy) is 1. The van der Waals surface area contributed by atoms with Gasteiger partial charge in [0.05, 0.1) is 5.69 Å². The lowest BCUT2D eigenvalue weighted by atomic mass is 9.99. The number of hydrogen-bond donors (Lipinski definition) is 1. The molecular weight excluding hydrogens is 267 g/mol. The maximum atomic E-state index is 14.3. The smallest absolute Gasteiger partial charge is 0.146 e. The number of para-hydroxylation sites is 1.